The van der Waals surface area contributed by atoms with Gasteiger partial charge in [-0.3, -0.25) is 0 Å². The normalized spacial score (nSPS) is 11.5. The molecule has 0 radical (unpaired) electrons. The Bertz CT molecular complexity index is 533. The molecule has 1 aromatic heterocycles. The van der Waals surface area contributed by atoms with Crippen molar-refractivity contribution >= 4 is 11.7 Å². The molecule has 0 aliphatic heterocycles. The molecule has 17 heavy (non-hydrogen) atoms. The SMILES string of the molecule is Cc1n(NC([O-])=Nc2ccccc2)nn[n+]1C. The second-order valence-corrected chi connectivity index (χ2v) is 3.43. The van der Waals surface area contributed by atoms with Gasteiger partial charge in [0.05, 0.1) is 18.8 Å². The molecule has 0 aliphatic carbocycles. The fraction of sp³-hybridized carbons (Fsp3) is 0.200. The quantitative estimate of drug-likeness (QED) is 0.409. The minimum atomic E-state index is -0.496. The van der Waals surface area contributed by atoms with Crippen molar-refractivity contribution < 1.29 is 9.79 Å². The zero-order chi connectivity index (χ0) is 12.3. The monoisotopic (exact) mass is 232 g/mol. The molecule has 1 N–H and O–H groups in total. The van der Waals surface area contributed by atoms with E-state index in [9.17, 15) is 5.11 Å². The highest BCUT2D eigenvalue weighted by Gasteiger charge is 2.11. The van der Waals surface area contributed by atoms with Gasteiger partial charge in [0, 0.05) is 11.7 Å². The largest absolute Gasteiger partial charge is 0.844 e. The molecule has 0 spiro atoms. The van der Waals surface area contributed by atoms with Crippen molar-refractivity contribution in [2.75, 3.05) is 5.43 Å². The lowest BCUT2D eigenvalue weighted by atomic mass is 10.3. The molecule has 1 aromatic carbocycles. The molecule has 0 amide bonds. The van der Waals surface area contributed by atoms with Crippen LogP contribution in [0.25, 0.3) is 0 Å². The van der Waals surface area contributed by atoms with Gasteiger partial charge in [-0.2, -0.15) is 0 Å². The van der Waals surface area contributed by atoms with Crippen LogP contribution >= 0.6 is 0 Å². The Hall–Kier alpha value is -2.44. The average molecular weight is 232 g/mol. The third-order valence-corrected chi connectivity index (χ3v) is 2.23. The van der Waals surface area contributed by atoms with Gasteiger partial charge in [-0.25, -0.2) is 10.4 Å². The number of nitrogens with one attached hydrogen (secondary N) is 1. The van der Waals surface area contributed by atoms with E-state index in [0.29, 0.717) is 11.5 Å². The van der Waals surface area contributed by atoms with Crippen LogP contribution in [0.3, 0.4) is 0 Å². The number of hydrogen-bond acceptors (Lipinski definition) is 4. The number of benzene rings is 1. The number of hydrogen-bond donors (Lipinski definition) is 1. The first-order valence-electron chi connectivity index (χ1n) is 5.03. The van der Waals surface area contributed by atoms with Crippen LogP contribution in [0.1, 0.15) is 5.82 Å². The summed E-state index contributed by atoms with van der Waals surface area (Å²) in [4.78, 5) is 5.13. The zero-order valence-corrected chi connectivity index (χ0v) is 9.53. The van der Waals surface area contributed by atoms with Gasteiger partial charge >= 0.3 is 0 Å². The van der Waals surface area contributed by atoms with Crippen molar-refractivity contribution in [3.63, 3.8) is 0 Å². The number of para-hydroxylation sites is 1. The smallest absolute Gasteiger partial charge is 0.281 e. The van der Waals surface area contributed by atoms with E-state index < -0.39 is 6.02 Å². The Morgan fingerprint density at radius 1 is 1.41 bits per heavy atom. The van der Waals surface area contributed by atoms with E-state index in [2.05, 4.69) is 20.8 Å². The lowest BCUT2D eigenvalue weighted by Crippen LogP contribution is -2.38. The molecular formula is C10H12N6O. The average Bonchev–Trinajstić information content (AvgIpc) is 2.62. The van der Waals surface area contributed by atoms with Gasteiger partial charge in [-0.05, 0) is 12.1 Å². The Labute approximate surface area is 98.0 Å². The highest BCUT2D eigenvalue weighted by molar-refractivity contribution is 5.79. The molecule has 88 valence electrons. The standard InChI is InChI=1S/C10H12N6O/c1-8-15(2)13-14-16(8)12-10(17)11-9-6-4-3-5-7-9/h3-7H,1-2H3,(H-,11,12,17). The summed E-state index contributed by atoms with van der Waals surface area (Å²) in [5, 5.41) is 19.1. The van der Waals surface area contributed by atoms with E-state index in [1.54, 1.807) is 30.8 Å². The Kier molecular flexibility index (Phi) is 2.99. The van der Waals surface area contributed by atoms with Gasteiger partial charge in [-0.15, -0.1) is 4.68 Å². The van der Waals surface area contributed by atoms with E-state index in [-0.39, 0.29) is 0 Å². The minimum absolute atomic E-state index is 0.496. The fourth-order valence-electron chi connectivity index (χ4n) is 1.21. The third kappa shape index (κ3) is 2.57. The van der Waals surface area contributed by atoms with E-state index in [1.165, 1.54) is 4.79 Å². The van der Waals surface area contributed by atoms with Crippen molar-refractivity contribution in [3.8, 4) is 0 Å². The molecule has 0 saturated carbocycles. The van der Waals surface area contributed by atoms with Gasteiger partial charge in [0.15, 0.2) is 5.21 Å². The number of amidine groups is 1. The summed E-state index contributed by atoms with van der Waals surface area (Å²) >= 11 is 0. The molecule has 0 bridgehead atoms. The molecule has 0 fully saturated rings. The summed E-state index contributed by atoms with van der Waals surface area (Å²) < 4.78 is 1.54. The third-order valence-electron chi connectivity index (χ3n) is 2.23. The molecule has 0 atom stereocenters. The van der Waals surface area contributed by atoms with Gasteiger partial charge in [0.2, 0.25) is 0 Å². The summed E-state index contributed by atoms with van der Waals surface area (Å²) in [6.07, 6.45) is 0. The number of nitrogens with zero attached hydrogens (tertiary/aromatic N) is 5. The number of rotatable bonds is 2. The van der Waals surface area contributed by atoms with Crippen LogP contribution in [0.15, 0.2) is 35.3 Å². The van der Waals surface area contributed by atoms with Gasteiger partial charge in [0.1, 0.15) is 5.21 Å². The lowest BCUT2D eigenvalue weighted by molar-refractivity contribution is -0.737. The van der Waals surface area contributed by atoms with Crippen LogP contribution in [0, 0.1) is 6.92 Å². The van der Waals surface area contributed by atoms with Gasteiger partial charge in [0.25, 0.3) is 5.82 Å². The number of tetrazole rings is 1. The summed E-state index contributed by atoms with van der Waals surface area (Å²) in [7, 11) is 1.74. The molecule has 0 aliphatic rings. The summed E-state index contributed by atoms with van der Waals surface area (Å²) in [6, 6.07) is 8.48. The number of aromatic nitrogens is 4. The van der Waals surface area contributed by atoms with E-state index in [4.69, 9.17) is 0 Å². The van der Waals surface area contributed by atoms with Crippen LogP contribution < -0.4 is 15.2 Å². The van der Waals surface area contributed by atoms with Crippen molar-refractivity contribution in [2.45, 2.75) is 6.92 Å². The van der Waals surface area contributed by atoms with Crippen LogP contribution in [-0.4, -0.2) is 21.2 Å². The summed E-state index contributed by atoms with van der Waals surface area (Å²) in [5.41, 5.74) is 3.09. The number of aryl methyl sites for hydroxylation is 1. The number of aliphatic imine (C=N–C) groups is 1. The highest BCUT2D eigenvalue weighted by Crippen LogP contribution is 2.08. The van der Waals surface area contributed by atoms with Crippen molar-refractivity contribution in [1.82, 2.24) is 15.2 Å². The molecule has 0 unspecified atom stereocenters. The van der Waals surface area contributed by atoms with Crippen LogP contribution in [0.5, 0.6) is 0 Å². The lowest BCUT2D eigenvalue weighted by Gasteiger charge is -2.08. The zero-order valence-electron chi connectivity index (χ0n) is 9.53. The van der Waals surface area contributed by atoms with E-state index in [1.807, 2.05) is 18.2 Å². The van der Waals surface area contributed by atoms with Crippen LogP contribution in [0.2, 0.25) is 0 Å². The van der Waals surface area contributed by atoms with E-state index >= 15 is 0 Å². The molecule has 2 aromatic rings. The van der Waals surface area contributed by atoms with Gasteiger partial charge in [-0.1, -0.05) is 18.2 Å². The Morgan fingerprint density at radius 2 is 2.12 bits per heavy atom. The molecular weight excluding hydrogens is 220 g/mol. The summed E-state index contributed by atoms with van der Waals surface area (Å²) in [5.74, 6) is 0.696. The first-order chi connectivity index (χ1) is 8.16. The molecule has 7 heteroatoms. The molecule has 2 rings (SSSR count). The first kappa shape index (κ1) is 11.1. The first-order valence-corrected chi connectivity index (χ1v) is 5.03. The Morgan fingerprint density at radius 3 is 2.71 bits per heavy atom. The maximum atomic E-state index is 11.6. The molecule has 7 nitrogen and oxygen atoms in total. The van der Waals surface area contributed by atoms with Crippen LogP contribution in [0.4, 0.5) is 5.69 Å². The van der Waals surface area contributed by atoms with E-state index in [0.717, 1.165) is 0 Å². The van der Waals surface area contributed by atoms with Crippen molar-refractivity contribution in [3.05, 3.63) is 36.2 Å². The Balaban J connectivity index is 2.14. The van der Waals surface area contributed by atoms with Crippen LogP contribution in [-0.2, 0) is 7.05 Å². The predicted octanol–water partition coefficient (Wildman–Crippen LogP) is -0.997. The topological polar surface area (TPSA) is 82.0 Å². The second kappa shape index (κ2) is 4.60. The summed E-state index contributed by atoms with van der Waals surface area (Å²) in [6.45, 7) is 1.78. The fourth-order valence-corrected chi connectivity index (χ4v) is 1.21. The highest BCUT2D eigenvalue weighted by atomic mass is 16.3. The van der Waals surface area contributed by atoms with Crippen molar-refractivity contribution in [2.24, 2.45) is 12.0 Å². The van der Waals surface area contributed by atoms with Gasteiger partial charge < -0.3 is 5.11 Å². The predicted molar refractivity (Wildman–Crippen MR) is 58.8 cm³/mol. The second-order valence-electron chi connectivity index (χ2n) is 3.43. The van der Waals surface area contributed by atoms with Crippen molar-refractivity contribution in [1.29, 1.82) is 0 Å². The maximum absolute atomic E-state index is 11.6. The molecule has 1 heterocycles. The molecule has 0 saturated heterocycles. The maximum Gasteiger partial charge on any atom is 0.281 e. The minimum Gasteiger partial charge on any atom is -0.844 e.